The fourth-order valence-electron chi connectivity index (χ4n) is 7.43. The number of ether oxygens (including phenoxy) is 4. The van der Waals surface area contributed by atoms with Crippen molar-refractivity contribution in [1.29, 1.82) is 0 Å². The van der Waals surface area contributed by atoms with Crippen molar-refractivity contribution in [2.75, 3.05) is 72.5 Å². The molecular weight excluding hydrogens is 999 g/mol. The number of unbranched alkanes of at least 4 members (excludes halogenated alkanes) is 12. The van der Waals surface area contributed by atoms with E-state index in [1.54, 1.807) is 0 Å². The van der Waals surface area contributed by atoms with Gasteiger partial charge in [-0.15, -0.1) is 0 Å². The summed E-state index contributed by atoms with van der Waals surface area (Å²) < 4.78 is 21.3. The number of hydrogen-bond acceptors (Lipinski definition) is 15. The maximum absolute atomic E-state index is 12.5. The zero-order valence-corrected chi connectivity index (χ0v) is 45.0. The number of nitrogens with one attached hydrogen (secondary N) is 5. The van der Waals surface area contributed by atoms with Gasteiger partial charge in [-0.2, -0.15) is 0 Å². The minimum absolute atomic E-state index is 0.00103. The molecule has 0 heterocycles. The van der Waals surface area contributed by atoms with Crippen LogP contribution < -0.4 is 26.6 Å². The number of carboxylic acid groups (broad SMARTS) is 4. The molecule has 0 saturated heterocycles. The molecule has 0 aromatic rings. The molecular formula is C52H89N5O19. The van der Waals surface area contributed by atoms with Gasteiger partial charge in [-0.1, -0.05) is 77.6 Å². The quantitative estimate of drug-likeness (QED) is 0.0394. The van der Waals surface area contributed by atoms with Crippen LogP contribution in [-0.4, -0.2) is 170 Å². The minimum Gasteiger partial charge on any atom is -0.481 e. The lowest BCUT2D eigenvalue weighted by atomic mass is 9.97. The molecule has 24 nitrogen and oxygen atoms in total. The Kier molecular flexibility index (Phi) is 43.3. The molecule has 0 aromatic heterocycles. The lowest BCUT2D eigenvalue weighted by Gasteiger charge is -2.16. The average Bonchev–Trinajstić information content (AvgIpc) is 3.36. The van der Waals surface area contributed by atoms with Crippen molar-refractivity contribution in [3.63, 3.8) is 0 Å². The summed E-state index contributed by atoms with van der Waals surface area (Å²) in [6.07, 6.45) is 13.1. The number of carbonyl (C=O) groups is 11. The van der Waals surface area contributed by atoms with Crippen molar-refractivity contribution >= 4 is 65.0 Å². The summed E-state index contributed by atoms with van der Waals surface area (Å²) in [5.41, 5.74) is 0. The Balaban J connectivity index is 3.97. The average molecular weight is 1090 g/mol. The highest BCUT2D eigenvalue weighted by atomic mass is 16.5. The molecule has 436 valence electrons. The van der Waals surface area contributed by atoms with E-state index in [1.165, 1.54) is 6.92 Å². The SMILES string of the molecule is CC(=O)[C@@H](C)CCCCNC(=O)CC[C@H](NC(=O)CC[C@H](CC(=O)COCCOCCNC(=O)COCCOCCNC(=O)CC[C@H](NC(=O)CCCCCCCCCCCCCCC(=O)O)C(=O)O)C(=O)O)C(=O)O. The number of carbonyl (C=O) groups excluding carboxylic acids is 7. The normalized spacial score (nSPS) is 12.6. The molecule has 0 unspecified atom stereocenters. The number of rotatable bonds is 53. The summed E-state index contributed by atoms with van der Waals surface area (Å²) >= 11 is 0. The van der Waals surface area contributed by atoms with Gasteiger partial charge in [0.1, 0.15) is 31.1 Å². The first-order valence-corrected chi connectivity index (χ1v) is 26.9. The molecule has 0 radical (unpaired) electrons. The van der Waals surface area contributed by atoms with Crippen LogP contribution in [0, 0.1) is 11.8 Å². The van der Waals surface area contributed by atoms with Crippen LogP contribution in [0.25, 0.3) is 0 Å². The van der Waals surface area contributed by atoms with Crippen LogP contribution in [0.5, 0.6) is 0 Å². The second-order valence-corrected chi connectivity index (χ2v) is 18.8. The lowest BCUT2D eigenvalue weighted by molar-refractivity contribution is -0.145. The zero-order chi connectivity index (χ0) is 56.8. The van der Waals surface area contributed by atoms with E-state index in [1.807, 2.05) is 6.92 Å². The topological polar surface area (TPSA) is 366 Å². The van der Waals surface area contributed by atoms with Crippen LogP contribution in [0.15, 0.2) is 0 Å². The zero-order valence-electron chi connectivity index (χ0n) is 45.0. The molecule has 9 N–H and O–H groups in total. The van der Waals surface area contributed by atoms with Gasteiger partial charge < -0.3 is 66.0 Å². The van der Waals surface area contributed by atoms with E-state index < -0.39 is 84.3 Å². The molecule has 0 aliphatic rings. The highest BCUT2D eigenvalue weighted by Gasteiger charge is 2.26. The molecule has 0 saturated carbocycles. The van der Waals surface area contributed by atoms with E-state index in [-0.39, 0.29) is 128 Å². The van der Waals surface area contributed by atoms with Crippen LogP contribution in [0.1, 0.15) is 168 Å². The van der Waals surface area contributed by atoms with Gasteiger partial charge in [0.2, 0.25) is 29.5 Å². The molecule has 0 fully saturated rings. The predicted molar refractivity (Wildman–Crippen MR) is 276 cm³/mol. The third kappa shape index (κ3) is 43.6. The second kappa shape index (κ2) is 46.7. The van der Waals surface area contributed by atoms with Crippen molar-refractivity contribution in [3.05, 3.63) is 0 Å². The Labute approximate surface area is 447 Å². The fraction of sp³-hybridized carbons (Fsp3) is 0.788. The third-order valence-electron chi connectivity index (χ3n) is 12.1. The Hall–Kier alpha value is -5.59. The van der Waals surface area contributed by atoms with Gasteiger partial charge in [-0.05, 0) is 51.9 Å². The van der Waals surface area contributed by atoms with Crippen molar-refractivity contribution in [2.24, 2.45) is 11.8 Å². The van der Waals surface area contributed by atoms with Crippen LogP contribution in [0.2, 0.25) is 0 Å². The second-order valence-electron chi connectivity index (χ2n) is 18.8. The largest absolute Gasteiger partial charge is 0.481 e. The van der Waals surface area contributed by atoms with Crippen molar-refractivity contribution in [3.8, 4) is 0 Å². The molecule has 0 spiro atoms. The van der Waals surface area contributed by atoms with Crippen molar-refractivity contribution < 1.29 is 92.1 Å². The van der Waals surface area contributed by atoms with E-state index in [4.69, 9.17) is 24.1 Å². The summed E-state index contributed by atoms with van der Waals surface area (Å²) in [6, 6.07) is -2.56. The van der Waals surface area contributed by atoms with E-state index in [2.05, 4.69) is 26.6 Å². The van der Waals surface area contributed by atoms with Gasteiger partial charge in [0.25, 0.3) is 0 Å². The minimum atomic E-state index is -1.38. The first kappa shape index (κ1) is 70.4. The van der Waals surface area contributed by atoms with E-state index in [0.717, 1.165) is 77.0 Å². The maximum atomic E-state index is 12.5. The summed E-state index contributed by atoms with van der Waals surface area (Å²) in [6.45, 7) is 3.96. The number of carboxylic acids is 4. The van der Waals surface area contributed by atoms with Crippen LogP contribution in [0.3, 0.4) is 0 Å². The van der Waals surface area contributed by atoms with Crippen LogP contribution in [0.4, 0.5) is 0 Å². The number of Topliss-reactive ketones (excluding diaryl/α,β-unsaturated/α-hetero) is 2. The molecule has 76 heavy (non-hydrogen) atoms. The van der Waals surface area contributed by atoms with E-state index >= 15 is 0 Å². The van der Waals surface area contributed by atoms with Gasteiger partial charge in [-0.3, -0.25) is 43.2 Å². The Morgan fingerprint density at radius 1 is 0.395 bits per heavy atom. The summed E-state index contributed by atoms with van der Waals surface area (Å²) in [5, 5.41) is 50.0. The standard InChI is InChI=1S/C52H89N5O19/c1-38(39(2)58)17-15-16-26-53-44(60)24-21-43(52(71)72)57-47(63)23-20-40(50(67)68)35-41(59)36-75-33-31-74-30-28-55-48(64)37-76-34-32-73-29-27-54-45(61)25-22-42(51(69)70)56-46(62)18-13-11-9-7-5-3-4-6-8-10-12-14-19-49(65)66/h38,40,42-43H,3-37H2,1-2H3,(H,53,60)(H,54,61)(H,55,64)(H,56,62)(H,57,63)(H,65,66)(H,67,68)(H,69,70)(H,71,72)/t38-,40+,42-,43-/m0/s1. The van der Waals surface area contributed by atoms with E-state index in [9.17, 15) is 68.1 Å². The van der Waals surface area contributed by atoms with Gasteiger partial charge >= 0.3 is 23.9 Å². The Bertz CT molecular complexity index is 1730. The predicted octanol–water partition coefficient (Wildman–Crippen LogP) is 3.48. The van der Waals surface area contributed by atoms with E-state index in [0.29, 0.717) is 25.8 Å². The molecule has 0 rings (SSSR count). The smallest absolute Gasteiger partial charge is 0.326 e. The van der Waals surface area contributed by atoms with Gasteiger partial charge in [0.15, 0.2) is 5.78 Å². The summed E-state index contributed by atoms with van der Waals surface area (Å²) in [7, 11) is 0. The highest BCUT2D eigenvalue weighted by Crippen LogP contribution is 2.15. The molecule has 4 atom stereocenters. The van der Waals surface area contributed by atoms with Gasteiger partial charge in [0.05, 0.1) is 45.6 Å². The lowest BCUT2D eigenvalue weighted by Crippen LogP contribution is -2.42. The Morgan fingerprint density at radius 3 is 1.29 bits per heavy atom. The number of hydrogen-bond donors (Lipinski definition) is 9. The number of aliphatic carboxylic acids is 4. The molecule has 0 aliphatic heterocycles. The van der Waals surface area contributed by atoms with Crippen molar-refractivity contribution in [2.45, 2.75) is 180 Å². The number of ketones is 2. The summed E-state index contributed by atoms with van der Waals surface area (Å²) in [4.78, 5) is 131. The maximum Gasteiger partial charge on any atom is 0.326 e. The monoisotopic (exact) mass is 1090 g/mol. The molecule has 0 bridgehead atoms. The fourth-order valence-corrected chi connectivity index (χ4v) is 7.43. The summed E-state index contributed by atoms with van der Waals surface area (Å²) in [5.74, 6) is -8.65. The first-order valence-electron chi connectivity index (χ1n) is 26.9. The highest BCUT2D eigenvalue weighted by molar-refractivity contribution is 5.87. The first-order chi connectivity index (χ1) is 36.3. The Morgan fingerprint density at radius 2 is 0.816 bits per heavy atom. The molecule has 5 amide bonds. The molecule has 24 heteroatoms. The number of amides is 5. The van der Waals surface area contributed by atoms with Crippen LogP contribution >= 0.6 is 0 Å². The third-order valence-corrected chi connectivity index (χ3v) is 12.1. The molecule has 0 aliphatic carbocycles. The van der Waals surface area contributed by atoms with Gasteiger partial charge in [0, 0.05) is 64.1 Å². The molecule has 0 aromatic carbocycles. The van der Waals surface area contributed by atoms with Crippen molar-refractivity contribution in [1.82, 2.24) is 26.6 Å². The van der Waals surface area contributed by atoms with Gasteiger partial charge in [-0.25, -0.2) is 9.59 Å². The van der Waals surface area contributed by atoms with Crippen LogP contribution in [-0.2, 0) is 71.7 Å².